The van der Waals surface area contributed by atoms with Crippen molar-refractivity contribution in [3.8, 4) is 5.75 Å². The summed E-state index contributed by atoms with van der Waals surface area (Å²) in [4.78, 5) is 53.3. The fourth-order valence-corrected chi connectivity index (χ4v) is 3.86. The van der Waals surface area contributed by atoms with Crippen LogP contribution in [0, 0.1) is 0 Å². The summed E-state index contributed by atoms with van der Waals surface area (Å²) in [6.45, 7) is 5.71. The molecule has 160 valence electrons. The number of rotatable bonds is 5. The summed E-state index contributed by atoms with van der Waals surface area (Å²) >= 11 is 0. The number of benzene rings is 2. The lowest BCUT2D eigenvalue weighted by atomic mass is 10.1. The number of amides is 4. The number of nitrogens with zero attached hydrogens (tertiary/aromatic N) is 2. The summed E-state index contributed by atoms with van der Waals surface area (Å²) in [7, 11) is 0. The molecule has 0 saturated carbocycles. The van der Waals surface area contributed by atoms with Gasteiger partial charge in [0.25, 0.3) is 17.7 Å². The highest BCUT2D eigenvalue weighted by molar-refractivity contribution is 6.23. The van der Waals surface area contributed by atoms with Gasteiger partial charge in [-0.05, 0) is 50.6 Å². The number of ether oxygens (including phenoxy) is 1. The van der Waals surface area contributed by atoms with Gasteiger partial charge in [-0.15, -0.1) is 0 Å². The number of nitrogens with one attached hydrogen (secondary N) is 1. The number of hydrogen-bond donors (Lipinski definition) is 1. The Bertz CT molecular complexity index is 1060. The van der Waals surface area contributed by atoms with E-state index in [0.717, 1.165) is 11.3 Å². The number of fused-ring (bicyclic) bond motifs is 2. The first-order chi connectivity index (χ1) is 14.8. The molecule has 2 aliphatic rings. The Hall–Kier alpha value is -3.68. The molecule has 8 heteroatoms. The van der Waals surface area contributed by atoms with Crippen molar-refractivity contribution < 1.29 is 23.9 Å². The molecule has 2 unspecified atom stereocenters. The molecule has 31 heavy (non-hydrogen) atoms. The zero-order chi connectivity index (χ0) is 22.3. The molecular formula is C23H23N3O5. The standard InChI is InChI=1S/C23H23N3O5/c1-4-11-25-18-12-15(9-10-19(18)31-14(3)21(25)28)24-20(27)13(2)26-22(29)16-7-5-6-8-17(16)23(26)30/h5-10,12-14H,4,11H2,1-3H3,(H,24,27). The molecule has 1 N–H and O–H groups in total. The molecule has 0 saturated heterocycles. The van der Waals surface area contributed by atoms with Crippen molar-refractivity contribution in [3.05, 3.63) is 53.6 Å². The molecule has 2 aromatic rings. The number of anilines is 2. The molecule has 0 fully saturated rings. The van der Waals surface area contributed by atoms with E-state index in [0.29, 0.717) is 34.8 Å². The Morgan fingerprint density at radius 1 is 1.10 bits per heavy atom. The quantitative estimate of drug-likeness (QED) is 0.749. The maximum Gasteiger partial charge on any atom is 0.267 e. The fourth-order valence-electron chi connectivity index (χ4n) is 3.86. The van der Waals surface area contributed by atoms with E-state index in [9.17, 15) is 19.2 Å². The Labute approximate surface area is 179 Å². The molecule has 0 radical (unpaired) electrons. The number of carbonyl (C=O) groups excluding carboxylic acids is 4. The Kier molecular flexibility index (Phi) is 5.22. The molecule has 0 aromatic heterocycles. The van der Waals surface area contributed by atoms with Gasteiger partial charge in [0.05, 0.1) is 16.8 Å². The summed E-state index contributed by atoms with van der Waals surface area (Å²) in [5.41, 5.74) is 1.61. The molecule has 0 aliphatic carbocycles. The summed E-state index contributed by atoms with van der Waals surface area (Å²) in [6, 6.07) is 10.5. The smallest absolute Gasteiger partial charge is 0.267 e. The highest BCUT2D eigenvalue weighted by Crippen LogP contribution is 2.36. The van der Waals surface area contributed by atoms with E-state index in [1.54, 1.807) is 54.3 Å². The van der Waals surface area contributed by atoms with Crippen LogP contribution in [0.4, 0.5) is 11.4 Å². The largest absolute Gasteiger partial charge is 0.479 e. The third-order valence-corrected chi connectivity index (χ3v) is 5.47. The van der Waals surface area contributed by atoms with Gasteiger partial charge < -0.3 is 15.0 Å². The van der Waals surface area contributed by atoms with Crippen molar-refractivity contribution in [1.29, 1.82) is 0 Å². The van der Waals surface area contributed by atoms with Crippen molar-refractivity contribution in [2.45, 2.75) is 39.3 Å². The molecular weight excluding hydrogens is 398 g/mol. The molecule has 2 aliphatic heterocycles. The van der Waals surface area contributed by atoms with Crippen LogP contribution in [0.15, 0.2) is 42.5 Å². The van der Waals surface area contributed by atoms with Crippen LogP contribution in [0.2, 0.25) is 0 Å². The Morgan fingerprint density at radius 2 is 1.74 bits per heavy atom. The summed E-state index contributed by atoms with van der Waals surface area (Å²) in [6.07, 6.45) is 0.193. The van der Waals surface area contributed by atoms with Gasteiger partial charge in [0, 0.05) is 12.2 Å². The minimum Gasteiger partial charge on any atom is -0.479 e. The highest BCUT2D eigenvalue weighted by atomic mass is 16.5. The van der Waals surface area contributed by atoms with Gasteiger partial charge in [-0.2, -0.15) is 0 Å². The van der Waals surface area contributed by atoms with Crippen molar-refractivity contribution >= 4 is 35.0 Å². The normalized spacial score (nSPS) is 18.4. The summed E-state index contributed by atoms with van der Waals surface area (Å²) in [5.74, 6) is -1.07. The molecule has 0 spiro atoms. The second kappa shape index (κ2) is 7.86. The predicted octanol–water partition coefficient (Wildman–Crippen LogP) is 2.83. The van der Waals surface area contributed by atoms with E-state index < -0.39 is 29.9 Å². The van der Waals surface area contributed by atoms with E-state index in [1.807, 2.05) is 6.92 Å². The molecule has 2 atom stereocenters. The van der Waals surface area contributed by atoms with Crippen molar-refractivity contribution in [2.24, 2.45) is 0 Å². The number of carbonyl (C=O) groups is 4. The van der Waals surface area contributed by atoms with Crippen LogP contribution >= 0.6 is 0 Å². The van der Waals surface area contributed by atoms with Crippen LogP contribution < -0.4 is 15.0 Å². The first kappa shape index (κ1) is 20.6. The van der Waals surface area contributed by atoms with Gasteiger partial charge in [0.15, 0.2) is 6.10 Å². The van der Waals surface area contributed by atoms with Gasteiger partial charge in [0.1, 0.15) is 11.8 Å². The van der Waals surface area contributed by atoms with Crippen molar-refractivity contribution in [1.82, 2.24) is 4.90 Å². The Morgan fingerprint density at radius 3 is 2.35 bits per heavy atom. The van der Waals surface area contributed by atoms with Gasteiger partial charge in [0.2, 0.25) is 5.91 Å². The third-order valence-electron chi connectivity index (χ3n) is 5.47. The highest BCUT2D eigenvalue weighted by Gasteiger charge is 2.40. The third kappa shape index (κ3) is 3.43. The summed E-state index contributed by atoms with van der Waals surface area (Å²) < 4.78 is 5.67. The monoisotopic (exact) mass is 421 g/mol. The topological polar surface area (TPSA) is 96.0 Å². The Balaban J connectivity index is 1.55. The van der Waals surface area contributed by atoms with Gasteiger partial charge in [-0.1, -0.05) is 19.1 Å². The van der Waals surface area contributed by atoms with E-state index in [-0.39, 0.29) is 5.91 Å². The lowest BCUT2D eigenvalue weighted by molar-refractivity contribution is -0.125. The average Bonchev–Trinajstić information content (AvgIpc) is 3.01. The van der Waals surface area contributed by atoms with E-state index in [1.165, 1.54) is 6.92 Å². The zero-order valence-corrected chi connectivity index (χ0v) is 17.5. The number of hydrogen-bond acceptors (Lipinski definition) is 5. The van der Waals surface area contributed by atoms with Crippen LogP contribution in [-0.4, -0.2) is 47.2 Å². The second-order valence-corrected chi connectivity index (χ2v) is 7.62. The van der Waals surface area contributed by atoms with Crippen LogP contribution in [0.3, 0.4) is 0 Å². The lowest BCUT2D eigenvalue weighted by Crippen LogP contribution is -2.45. The van der Waals surface area contributed by atoms with Crippen molar-refractivity contribution in [2.75, 3.05) is 16.8 Å². The van der Waals surface area contributed by atoms with E-state index in [4.69, 9.17) is 4.74 Å². The molecule has 2 heterocycles. The first-order valence-corrected chi connectivity index (χ1v) is 10.2. The van der Waals surface area contributed by atoms with Crippen LogP contribution in [-0.2, 0) is 9.59 Å². The van der Waals surface area contributed by atoms with Crippen LogP contribution in [0.5, 0.6) is 5.75 Å². The molecule has 8 nitrogen and oxygen atoms in total. The summed E-state index contributed by atoms with van der Waals surface area (Å²) in [5, 5.41) is 2.75. The van der Waals surface area contributed by atoms with Crippen LogP contribution in [0.1, 0.15) is 47.9 Å². The second-order valence-electron chi connectivity index (χ2n) is 7.62. The first-order valence-electron chi connectivity index (χ1n) is 10.2. The molecule has 4 rings (SSSR count). The fraction of sp³-hybridized carbons (Fsp3) is 0.304. The molecule has 2 aromatic carbocycles. The zero-order valence-electron chi connectivity index (χ0n) is 17.5. The van der Waals surface area contributed by atoms with Gasteiger partial charge in [-0.25, -0.2) is 0 Å². The van der Waals surface area contributed by atoms with Crippen LogP contribution in [0.25, 0.3) is 0 Å². The average molecular weight is 421 g/mol. The minimum atomic E-state index is -1.01. The molecule has 4 amide bonds. The van der Waals surface area contributed by atoms with Crippen molar-refractivity contribution in [3.63, 3.8) is 0 Å². The van der Waals surface area contributed by atoms with E-state index >= 15 is 0 Å². The SMILES string of the molecule is CCCN1C(=O)C(C)Oc2ccc(NC(=O)C(C)N3C(=O)c4ccccc4C3=O)cc21. The van der Waals surface area contributed by atoms with E-state index in [2.05, 4.69) is 5.32 Å². The maximum atomic E-state index is 12.9. The molecule has 0 bridgehead atoms. The van der Waals surface area contributed by atoms with Gasteiger partial charge in [-0.3, -0.25) is 24.1 Å². The van der Waals surface area contributed by atoms with Gasteiger partial charge >= 0.3 is 0 Å². The minimum absolute atomic E-state index is 0.141. The predicted molar refractivity (Wildman–Crippen MR) is 114 cm³/mol. The lowest BCUT2D eigenvalue weighted by Gasteiger charge is -2.33. The maximum absolute atomic E-state index is 12.9. The number of imide groups is 1.